The van der Waals surface area contributed by atoms with Crippen LogP contribution in [0.4, 0.5) is 5.82 Å². The number of hydrogen-bond donors (Lipinski definition) is 1. The van der Waals surface area contributed by atoms with Gasteiger partial charge in [0.1, 0.15) is 12.1 Å². The molecule has 1 fully saturated rings. The minimum absolute atomic E-state index is 0.156. The number of piperazine rings is 1. The first-order valence-electron chi connectivity index (χ1n) is 9.47. The van der Waals surface area contributed by atoms with E-state index in [2.05, 4.69) is 27.1 Å². The van der Waals surface area contributed by atoms with Crippen LogP contribution in [0.2, 0.25) is 10.0 Å². The maximum atomic E-state index is 12.9. The summed E-state index contributed by atoms with van der Waals surface area (Å²) < 4.78 is 28.3. The quantitative estimate of drug-likeness (QED) is 0.571. The molecule has 3 heterocycles. The van der Waals surface area contributed by atoms with Gasteiger partial charge in [-0.3, -0.25) is 4.90 Å². The number of anilines is 1. The zero-order valence-electron chi connectivity index (χ0n) is 16.3. The standard InChI is InChI=1S/C19H21Cl2N5O2S2/c1-13(24-19-18-17(4-9-29-18)22-12-23-19)11-25-5-7-26(8-6-25)30(27,28)14-2-3-15(20)16(21)10-14/h2-4,9-10,12-13H,5-8,11H2,1H3,(H,22,23,24). The molecular weight excluding hydrogens is 465 g/mol. The number of halogens is 2. The number of nitrogens with one attached hydrogen (secondary N) is 1. The fourth-order valence-corrected chi connectivity index (χ4v) is 6.11. The number of benzene rings is 1. The van der Waals surface area contributed by atoms with E-state index in [4.69, 9.17) is 23.2 Å². The predicted octanol–water partition coefficient (Wildman–Crippen LogP) is 3.81. The summed E-state index contributed by atoms with van der Waals surface area (Å²) in [6.07, 6.45) is 1.57. The van der Waals surface area contributed by atoms with Crippen molar-refractivity contribution in [3.05, 3.63) is 46.0 Å². The number of sulfonamides is 1. The summed E-state index contributed by atoms with van der Waals surface area (Å²) in [7, 11) is -3.59. The van der Waals surface area contributed by atoms with Crippen LogP contribution >= 0.6 is 34.5 Å². The summed E-state index contributed by atoms with van der Waals surface area (Å²) in [6, 6.07) is 6.55. The first-order valence-corrected chi connectivity index (χ1v) is 12.5. The van der Waals surface area contributed by atoms with E-state index in [9.17, 15) is 8.42 Å². The highest BCUT2D eigenvalue weighted by Crippen LogP contribution is 2.27. The molecule has 1 aromatic carbocycles. The predicted molar refractivity (Wildman–Crippen MR) is 122 cm³/mol. The first-order chi connectivity index (χ1) is 14.3. The Morgan fingerprint density at radius 2 is 1.90 bits per heavy atom. The van der Waals surface area contributed by atoms with Gasteiger partial charge in [-0.2, -0.15) is 4.31 Å². The topological polar surface area (TPSA) is 78.4 Å². The van der Waals surface area contributed by atoms with Crippen LogP contribution in [0.25, 0.3) is 10.2 Å². The second-order valence-corrected chi connectivity index (χ2v) is 10.9. The average Bonchev–Trinajstić information content (AvgIpc) is 3.20. The summed E-state index contributed by atoms with van der Waals surface area (Å²) in [6.45, 7) is 5.06. The second-order valence-electron chi connectivity index (χ2n) is 7.18. The molecule has 2 aromatic heterocycles. The van der Waals surface area contributed by atoms with Gasteiger partial charge in [-0.05, 0) is 36.6 Å². The number of fused-ring (bicyclic) bond motifs is 1. The zero-order valence-corrected chi connectivity index (χ0v) is 19.4. The lowest BCUT2D eigenvalue weighted by Crippen LogP contribution is -2.50. The summed E-state index contributed by atoms with van der Waals surface area (Å²) in [4.78, 5) is 11.1. The van der Waals surface area contributed by atoms with Crippen molar-refractivity contribution in [2.45, 2.75) is 17.9 Å². The zero-order chi connectivity index (χ0) is 21.3. The van der Waals surface area contributed by atoms with E-state index < -0.39 is 10.0 Å². The van der Waals surface area contributed by atoms with E-state index in [1.54, 1.807) is 17.7 Å². The van der Waals surface area contributed by atoms with Gasteiger partial charge >= 0.3 is 0 Å². The molecular formula is C19H21Cl2N5O2S2. The van der Waals surface area contributed by atoms with Crippen LogP contribution in [0.3, 0.4) is 0 Å². The molecule has 1 aliphatic rings. The highest BCUT2D eigenvalue weighted by atomic mass is 35.5. The summed E-state index contributed by atoms with van der Waals surface area (Å²) in [5.74, 6) is 0.836. The SMILES string of the molecule is CC(CN1CCN(S(=O)(=O)c2ccc(Cl)c(Cl)c2)CC1)Nc1ncnc2ccsc12. The fourth-order valence-electron chi connectivity index (χ4n) is 3.50. The molecule has 7 nitrogen and oxygen atoms in total. The Labute approximate surface area is 189 Å². The van der Waals surface area contributed by atoms with E-state index in [1.807, 2.05) is 11.4 Å². The third kappa shape index (κ3) is 4.56. The Morgan fingerprint density at radius 1 is 1.13 bits per heavy atom. The van der Waals surface area contributed by atoms with Crippen LogP contribution in [0.5, 0.6) is 0 Å². The monoisotopic (exact) mass is 485 g/mol. The number of hydrogen-bond acceptors (Lipinski definition) is 7. The van der Waals surface area contributed by atoms with Crippen molar-refractivity contribution in [3.63, 3.8) is 0 Å². The lowest BCUT2D eigenvalue weighted by molar-refractivity contribution is 0.184. The average molecular weight is 486 g/mol. The van der Waals surface area contributed by atoms with Crippen molar-refractivity contribution in [1.82, 2.24) is 19.2 Å². The fraction of sp³-hybridized carbons (Fsp3) is 0.368. The van der Waals surface area contributed by atoms with E-state index >= 15 is 0 Å². The summed E-state index contributed by atoms with van der Waals surface area (Å²) >= 11 is 13.5. The van der Waals surface area contributed by atoms with Crippen molar-refractivity contribution in [2.75, 3.05) is 38.0 Å². The molecule has 11 heteroatoms. The molecule has 0 spiro atoms. The minimum Gasteiger partial charge on any atom is -0.365 e. The molecule has 3 aromatic rings. The normalized spacial score (nSPS) is 17.3. The van der Waals surface area contributed by atoms with Gasteiger partial charge in [0, 0.05) is 38.8 Å². The molecule has 4 rings (SSSR count). The second kappa shape index (κ2) is 8.94. The van der Waals surface area contributed by atoms with Gasteiger partial charge in [0.05, 0.1) is 25.2 Å². The van der Waals surface area contributed by atoms with Crippen molar-refractivity contribution < 1.29 is 8.42 Å². The highest BCUT2D eigenvalue weighted by Gasteiger charge is 2.29. The van der Waals surface area contributed by atoms with Crippen molar-refractivity contribution >= 4 is 60.6 Å². The Hall–Kier alpha value is -1.49. The Morgan fingerprint density at radius 3 is 2.63 bits per heavy atom. The minimum atomic E-state index is -3.59. The lowest BCUT2D eigenvalue weighted by Gasteiger charge is -2.35. The molecule has 1 atom stereocenters. The van der Waals surface area contributed by atoms with E-state index in [1.165, 1.54) is 22.5 Å². The van der Waals surface area contributed by atoms with Gasteiger partial charge in [0.15, 0.2) is 0 Å². The molecule has 1 N–H and O–H groups in total. The van der Waals surface area contributed by atoms with E-state index in [0.29, 0.717) is 31.2 Å². The van der Waals surface area contributed by atoms with Gasteiger partial charge in [0.2, 0.25) is 10.0 Å². The molecule has 0 aliphatic carbocycles. The van der Waals surface area contributed by atoms with Crippen LogP contribution in [0.1, 0.15) is 6.92 Å². The largest absolute Gasteiger partial charge is 0.365 e. The molecule has 30 heavy (non-hydrogen) atoms. The van der Waals surface area contributed by atoms with Crippen LogP contribution in [0.15, 0.2) is 40.9 Å². The molecule has 0 amide bonds. The molecule has 0 radical (unpaired) electrons. The number of rotatable bonds is 6. The maximum absolute atomic E-state index is 12.9. The molecule has 1 aliphatic heterocycles. The lowest BCUT2D eigenvalue weighted by atomic mass is 10.2. The van der Waals surface area contributed by atoms with Gasteiger partial charge in [-0.25, -0.2) is 18.4 Å². The summed E-state index contributed by atoms with van der Waals surface area (Å²) in [5.41, 5.74) is 0.936. The number of nitrogens with zero attached hydrogens (tertiary/aromatic N) is 4. The van der Waals surface area contributed by atoms with Crippen molar-refractivity contribution in [3.8, 4) is 0 Å². The van der Waals surface area contributed by atoms with E-state index in [-0.39, 0.29) is 16.0 Å². The van der Waals surface area contributed by atoms with E-state index in [0.717, 1.165) is 22.6 Å². The van der Waals surface area contributed by atoms with Crippen LogP contribution in [-0.4, -0.2) is 66.4 Å². The Bertz CT molecular complexity index is 1150. The first kappa shape index (κ1) is 21.7. The highest BCUT2D eigenvalue weighted by molar-refractivity contribution is 7.89. The van der Waals surface area contributed by atoms with Crippen LogP contribution in [0, 0.1) is 0 Å². The third-order valence-electron chi connectivity index (χ3n) is 5.02. The summed E-state index contributed by atoms with van der Waals surface area (Å²) in [5, 5.41) is 6.03. The third-order valence-corrected chi connectivity index (χ3v) is 8.56. The smallest absolute Gasteiger partial charge is 0.243 e. The Kier molecular flexibility index (Phi) is 6.47. The van der Waals surface area contributed by atoms with Gasteiger partial charge < -0.3 is 5.32 Å². The van der Waals surface area contributed by atoms with Crippen LogP contribution < -0.4 is 5.32 Å². The molecule has 0 bridgehead atoms. The molecule has 0 saturated carbocycles. The van der Waals surface area contributed by atoms with Gasteiger partial charge in [0.25, 0.3) is 0 Å². The van der Waals surface area contributed by atoms with Gasteiger partial charge in [-0.1, -0.05) is 23.2 Å². The van der Waals surface area contributed by atoms with Crippen molar-refractivity contribution in [1.29, 1.82) is 0 Å². The van der Waals surface area contributed by atoms with Gasteiger partial charge in [-0.15, -0.1) is 11.3 Å². The molecule has 1 saturated heterocycles. The van der Waals surface area contributed by atoms with Crippen LogP contribution in [-0.2, 0) is 10.0 Å². The van der Waals surface area contributed by atoms with Crippen molar-refractivity contribution in [2.24, 2.45) is 0 Å². The number of aromatic nitrogens is 2. The Balaban J connectivity index is 1.35. The maximum Gasteiger partial charge on any atom is 0.243 e. The molecule has 1 unspecified atom stereocenters. The number of thiophene rings is 1. The molecule has 160 valence electrons.